The number of aromatic nitrogens is 1. The molecule has 4 aromatic rings. The molecule has 0 fully saturated rings. The van der Waals surface area contributed by atoms with E-state index in [0.29, 0.717) is 0 Å². The summed E-state index contributed by atoms with van der Waals surface area (Å²) >= 11 is 1.87. The summed E-state index contributed by atoms with van der Waals surface area (Å²) in [6, 6.07) is 17.4. The molecule has 0 aliphatic rings. The van der Waals surface area contributed by atoms with Crippen LogP contribution in [0.15, 0.2) is 48.5 Å². The van der Waals surface area contributed by atoms with Gasteiger partial charge in [-0.05, 0) is 31.5 Å². The SMILES string of the molecule is Cc1cc(-c2cccc3c2[nH]c2ccccc23)sc1C. The number of nitrogens with one attached hydrogen (secondary N) is 1. The van der Waals surface area contributed by atoms with Crippen molar-refractivity contribution in [2.24, 2.45) is 0 Å². The second-order valence-electron chi connectivity index (χ2n) is 5.25. The molecule has 1 nitrogen and oxygen atoms in total. The van der Waals surface area contributed by atoms with Crippen LogP contribution in [0.1, 0.15) is 10.4 Å². The minimum absolute atomic E-state index is 1.21. The lowest BCUT2D eigenvalue weighted by Crippen LogP contribution is -1.75. The van der Waals surface area contributed by atoms with Gasteiger partial charge in [0, 0.05) is 31.6 Å². The molecule has 2 heteroatoms. The van der Waals surface area contributed by atoms with Crippen molar-refractivity contribution >= 4 is 33.1 Å². The highest BCUT2D eigenvalue weighted by molar-refractivity contribution is 7.15. The average molecular weight is 277 g/mol. The molecular formula is C18H15NS. The highest BCUT2D eigenvalue weighted by atomic mass is 32.1. The molecule has 0 amide bonds. The lowest BCUT2D eigenvalue weighted by atomic mass is 10.1. The van der Waals surface area contributed by atoms with Gasteiger partial charge in [-0.3, -0.25) is 0 Å². The smallest absolute Gasteiger partial charge is 0.0552 e. The first kappa shape index (κ1) is 11.7. The summed E-state index contributed by atoms with van der Waals surface area (Å²) in [4.78, 5) is 6.32. The van der Waals surface area contributed by atoms with Crippen molar-refractivity contribution in [3.8, 4) is 10.4 Å². The normalized spacial score (nSPS) is 11.5. The van der Waals surface area contributed by atoms with Gasteiger partial charge in [0.05, 0.1) is 5.52 Å². The molecule has 0 bridgehead atoms. The molecule has 1 N–H and O–H groups in total. The molecule has 0 saturated carbocycles. The Hall–Kier alpha value is -2.06. The average Bonchev–Trinajstić information content (AvgIpc) is 2.99. The van der Waals surface area contributed by atoms with Gasteiger partial charge in [-0.2, -0.15) is 0 Å². The van der Waals surface area contributed by atoms with Crippen LogP contribution in [0.25, 0.3) is 32.2 Å². The van der Waals surface area contributed by atoms with Gasteiger partial charge in [0.1, 0.15) is 0 Å². The summed E-state index contributed by atoms with van der Waals surface area (Å²) < 4.78 is 0. The van der Waals surface area contributed by atoms with Crippen molar-refractivity contribution in [2.45, 2.75) is 13.8 Å². The zero-order valence-corrected chi connectivity index (χ0v) is 12.3. The summed E-state index contributed by atoms with van der Waals surface area (Å²) in [5.41, 5.74) is 5.13. The van der Waals surface area contributed by atoms with Gasteiger partial charge in [-0.15, -0.1) is 11.3 Å². The topological polar surface area (TPSA) is 15.8 Å². The number of aromatic amines is 1. The zero-order valence-electron chi connectivity index (χ0n) is 11.5. The van der Waals surface area contributed by atoms with Crippen molar-refractivity contribution in [3.05, 3.63) is 59.0 Å². The maximum Gasteiger partial charge on any atom is 0.0552 e. The lowest BCUT2D eigenvalue weighted by molar-refractivity contribution is 1.44. The third kappa shape index (κ3) is 1.61. The Bertz CT molecular complexity index is 908. The third-order valence-corrected chi connectivity index (χ3v) is 5.16. The molecule has 2 aromatic heterocycles. The highest BCUT2D eigenvalue weighted by Crippen LogP contribution is 2.37. The molecular weight excluding hydrogens is 262 g/mol. The second kappa shape index (κ2) is 4.22. The van der Waals surface area contributed by atoms with Crippen molar-refractivity contribution in [1.29, 1.82) is 0 Å². The van der Waals surface area contributed by atoms with Gasteiger partial charge < -0.3 is 4.98 Å². The van der Waals surface area contributed by atoms with E-state index in [9.17, 15) is 0 Å². The fraction of sp³-hybridized carbons (Fsp3) is 0.111. The van der Waals surface area contributed by atoms with E-state index in [1.807, 2.05) is 11.3 Å². The van der Waals surface area contributed by atoms with Crippen LogP contribution in [0, 0.1) is 13.8 Å². The predicted octanol–water partition coefficient (Wildman–Crippen LogP) is 5.67. The molecule has 0 unspecified atom stereocenters. The Morgan fingerprint density at radius 2 is 1.70 bits per heavy atom. The number of rotatable bonds is 1. The minimum atomic E-state index is 1.21. The van der Waals surface area contributed by atoms with E-state index in [2.05, 4.69) is 67.4 Å². The van der Waals surface area contributed by atoms with E-state index in [0.717, 1.165) is 0 Å². The zero-order chi connectivity index (χ0) is 13.7. The number of thiophene rings is 1. The monoisotopic (exact) mass is 277 g/mol. The van der Waals surface area contributed by atoms with Crippen LogP contribution in [-0.2, 0) is 0 Å². The van der Waals surface area contributed by atoms with E-state index in [1.165, 1.54) is 42.7 Å². The summed E-state index contributed by atoms with van der Waals surface area (Å²) in [5, 5.41) is 2.61. The number of aryl methyl sites for hydroxylation is 2. The first-order valence-electron chi connectivity index (χ1n) is 6.81. The Morgan fingerprint density at radius 1 is 0.900 bits per heavy atom. The van der Waals surface area contributed by atoms with Crippen molar-refractivity contribution in [1.82, 2.24) is 4.98 Å². The van der Waals surface area contributed by atoms with Crippen molar-refractivity contribution in [3.63, 3.8) is 0 Å². The predicted molar refractivity (Wildman–Crippen MR) is 88.6 cm³/mol. The molecule has 98 valence electrons. The molecule has 20 heavy (non-hydrogen) atoms. The van der Waals surface area contributed by atoms with Crippen LogP contribution < -0.4 is 0 Å². The fourth-order valence-electron chi connectivity index (χ4n) is 2.78. The standard InChI is InChI=1S/C18H15NS/c1-11-10-17(20-12(11)2)15-8-5-7-14-13-6-3-4-9-16(13)19-18(14)15/h3-10,19H,1-2H3. The number of hydrogen-bond acceptors (Lipinski definition) is 1. The number of fused-ring (bicyclic) bond motifs is 3. The van der Waals surface area contributed by atoms with E-state index < -0.39 is 0 Å². The van der Waals surface area contributed by atoms with Gasteiger partial charge >= 0.3 is 0 Å². The Labute approximate surface area is 121 Å². The quantitative estimate of drug-likeness (QED) is 0.461. The van der Waals surface area contributed by atoms with Crippen LogP contribution in [0.3, 0.4) is 0 Å². The molecule has 0 atom stereocenters. The minimum Gasteiger partial charge on any atom is -0.354 e. The van der Waals surface area contributed by atoms with Gasteiger partial charge in [-0.25, -0.2) is 0 Å². The number of benzene rings is 2. The van der Waals surface area contributed by atoms with Crippen LogP contribution in [-0.4, -0.2) is 4.98 Å². The highest BCUT2D eigenvalue weighted by Gasteiger charge is 2.11. The van der Waals surface area contributed by atoms with Crippen LogP contribution in [0.4, 0.5) is 0 Å². The maximum absolute atomic E-state index is 3.58. The summed E-state index contributed by atoms with van der Waals surface area (Å²) in [7, 11) is 0. The van der Waals surface area contributed by atoms with E-state index in [4.69, 9.17) is 0 Å². The summed E-state index contributed by atoms with van der Waals surface area (Å²) in [5.74, 6) is 0. The second-order valence-corrected chi connectivity index (χ2v) is 6.50. The number of H-pyrrole nitrogens is 1. The maximum atomic E-state index is 3.58. The summed E-state index contributed by atoms with van der Waals surface area (Å²) in [6.07, 6.45) is 0. The van der Waals surface area contributed by atoms with Crippen LogP contribution in [0.2, 0.25) is 0 Å². The number of hydrogen-bond donors (Lipinski definition) is 1. The van der Waals surface area contributed by atoms with Crippen molar-refractivity contribution in [2.75, 3.05) is 0 Å². The van der Waals surface area contributed by atoms with Gasteiger partial charge in [-0.1, -0.05) is 36.4 Å². The van der Waals surface area contributed by atoms with E-state index in [-0.39, 0.29) is 0 Å². The third-order valence-electron chi connectivity index (χ3n) is 3.97. The van der Waals surface area contributed by atoms with E-state index >= 15 is 0 Å². The molecule has 0 aliphatic heterocycles. The Kier molecular flexibility index (Phi) is 2.48. The van der Waals surface area contributed by atoms with Gasteiger partial charge in [0.2, 0.25) is 0 Å². The molecule has 0 aliphatic carbocycles. The molecule has 0 saturated heterocycles. The largest absolute Gasteiger partial charge is 0.354 e. The van der Waals surface area contributed by atoms with Crippen LogP contribution in [0.5, 0.6) is 0 Å². The summed E-state index contributed by atoms with van der Waals surface area (Å²) in [6.45, 7) is 4.37. The molecule has 0 radical (unpaired) electrons. The molecule has 2 heterocycles. The first-order chi connectivity index (χ1) is 9.74. The number of para-hydroxylation sites is 2. The van der Waals surface area contributed by atoms with Crippen LogP contribution >= 0.6 is 11.3 Å². The van der Waals surface area contributed by atoms with Crippen molar-refractivity contribution < 1.29 is 0 Å². The molecule has 2 aromatic carbocycles. The van der Waals surface area contributed by atoms with Gasteiger partial charge in [0.25, 0.3) is 0 Å². The molecule has 0 spiro atoms. The molecule has 4 rings (SSSR count). The van der Waals surface area contributed by atoms with E-state index in [1.54, 1.807) is 0 Å². The Morgan fingerprint density at radius 3 is 2.50 bits per heavy atom. The Balaban J connectivity index is 2.09. The fourth-order valence-corrected chi connectivity index (χ4v) is 3.85. The first-order valence-corrected chi connectivity index (χ1v) is 7.62. The lowest BCUT2D eigenvalue weighted by Gasteiger charge is -1.99. The van der Waals surface area contributed by atoms with Gasteiger partial charge in [0.15, 0.2) is 0 Å².